The Morgan fingerprint density at radius 3 is 2.69 bits per heavy atom. The number of hydrogen-bond donors (Lipinski definition) is 0. The van der Waals surface area contributed by atoms with E-state index in [1.54, 1.807) is 0 Å². The van der Waals surface area contributed by atoms with Crippen molar-refractivity contribution >= 4 is 39.2 Å². The predicted molar refractivity (Wildman–Crippen MR) is 166 cm³/mol. The number of aryl methyl sites for hydroxylation is 4. The SMILES string of the molecule is CCOC(=O)c1c(CCCOc2cccc3c(Cl)cccc23)c2cccc3c2n1CCCCOCc1c-3c(C)nn1C. The number of nitrogens with zero attached hydrogens (tertiary/aromatic N) is 3. The standard InChI is InChI=1S/C34H36ClN3O4/c1-4-41-34(39)33-26(15-10-20-42-30-17-9-11-23-24(30)12-8-16-28(23)35)25-13-7-14-27-31-22(2)36-37(3)29(31)21-40-19-6-5-18-38(33)32(25)27/h7-9,11-14,16-17H,4-6,10,15,18-21H2,1-3H3. The van der Waals surface area contributed by atoms with Gasteiger partial charge in [-0.3, -0.25) is 4.68 Å². The number of hydrogen-bond acceptors (Lipinski definition) is 5. The van der Waals surface area contributed by atoms with Crippen LogP contribution in [0, 0.1) is 6.92 Å². The maximum Gasteiger partial charge on any atom is 0.355 e. The van der Waals surface area contributed by atoms with Gasteiger partial charge in [0.2, 0.25) is 0 Å². The molecule has 7 nitrogen and oxygen atoms in total. The van der Waals surface area contributed by atoms with Crippen molar-refractivity contribution in [2.24, 2.45) is 7.05 Å². The molecule has 0 unspecified atom stereocenters. The molecule has 0 amide bonds. The van der Waals surface area contributed by atoms with Crippen molar-refractivity contribution in [3.63, 3.8) is 0 Å². The van der Waals surface area contributed by atoms with E-state index in [0.717, 1.165) is 74.8 Å². The van der Waals surface area contributed by atoms with Crippen molar-refractivity contribution in [3.8, 4) is 16.9 Å². The van der Waals surface area contributed by atoms with Crippen molar-refractivity contribution in [2.45, 2.75) is 52.7 Å². The Kier molecular flexibility index (Phi) is 8.22. The van der Waals surface area contributed by atoms with E-state index < -0.39 is 0 Å². The molecule has 0 spiro atoms. The van der Waals surface area contributed by atoms with Crippen LogP contribution in [-0.2, 0) is 36.1 Å². The Morgan fingerprint density at radius 1 is 1.05 bits per heavy atom. The highest BCUT2D eigenvalue weighted by molar-refractivity contribution is 6.35. The molecule has 3 heterocycles. The molecule has 0 radical (unpaired) electrons. The first-order valence-corrected chi connectivity index (χ1v) is 15.1. The molecule has 3 aromatic carbocycles. The van der Waals surface area contributed by atoms with Gasteiger partial charge in [-0.25, -0.2) is 4.79 Å². The lowest BCUT2D eigenvalue weighted by molar-refractivity contribution is 0.0512. The number of carbonyl (C=O) groups excluding carboxylic acids is 1. The summed E-state index contributed by atoms with van der Waals surface area (Å²) in [7, 11) is 1.97. The van der Waals surface area contributed by atoms with Gasteiger partial charge in [0, 0.05) is 52.5 Å². The van der Waals surface area contributed by atoms with Crippen LogP contribution >= 0.6 is 11.6 Å². The van der Waals surface area contributed by atoms with Crippen molar-refractivity contribution in [1.82, 2.24) is 14.3 Å². The first-order valence-electron chi connectivity index (χ1n) is 14.7. The number of carbonyl (C=O) groups is 1. The smallest absolute Gasteiger partial charge is 0.355 e. The monoisotopic (exact) mass is 585 g/mol. The normalized spacial score (nSPS) is 13.6. The van der Waals surface area contributed by atoms with E-state index in [1.807, 2.05) is 62.0 Å². The van der Waals surface area contributed by atoms with Crippen LogP contribution in [-0.4, -0.2) is 40.1 Å². The summed E-state index contributed by atoms with van der Waals surface area (Å²) in [4.78, 5) is 13.6. The lowest BCUT2D eigenvalue weighted by Crippen LogP contribution is -2.15. The summed E-state index contributed by atoms with van der Waals surface area (Å²) in [6.45, 7) is 6.57. The highest BCUT2D eigenvalue weighted by Crippen LogP contribution is 2.39. The van der Waals surface area contributed by atoms with E-state index in [1.165, 1.54) is 0 Å². The maximum absolute atomic E-state index is 13.6. The minimum absolute atomic E-state index is 0.284. The molecule has 6 rings (SSSR count). The van der Waals surface area contributed by atoms with E-state index >= 15 is 0 Å². The molecule has 0 saturated carbocycles. The number of ether oxygens (including phenoxy) is 3. The molecule has 0 aliphatic carbocycles. The molecule has 1 aliphatic heterocycles. The minimum Gasteiger partial charge on any atom is -0.493 e. The Hall–Kier alpha value is -3.81. The zero-order valence-corrected chi connectivity index (χ0v) is 25.2. The maximum atomic E-state index is 13.6. The average molecular weight is 586 g/mol. The van der Waals surface area contributed by atoms with Crippen LogP contribution < -0.4 is 4.74 Å². The van der Waals surface area contributed by atoms with Gasteiger partial charge in [0.1, 0.15) is 11.4 Å². The van der Waals surface area contributed by atoms with Crippen LogP contribution in [0.4, 0.5) is 0 Å². The highest BCUT2D eigenvalue weighted by Gasteiger charge is 2.28. The lowest BCUT2D eigenvalue weighted by atomic mass is 9.98. The number of fused-ring (bicyclic) bond motifs is 3. The molecule has 218 valence electrons. The van der Waals surface area contributed by atoms with Crippen LogP contribution in [0.2, 0.25) is 5.02 Å². The van der Waals surface area contributed by atoms with E-state index in [0.29, 0.717) is 50.1 Å². The molecule has 5 aromatic rings. The first kappa shape index (κ1) is 28.3. The molecule has 0 N–H and O–H groups in total. The molecule has 1 aliphatic rings. The molecular weight excluding hydrogens is 550 g/mol. The zero-order valence-electron chi connectivity index (χ0n) is 24.4. The Morgan fingerprint density at radius 2 is 1.83 bits per heavy atom. The molecular formula is C34H36ClN3O4. The second-order valence-electron chi connectivity index (χ2n) is 10.7. The van der Waals surface area contributed by atoms with Crippen LogP contribution in [0.15, 0.2) is 54.6 Å². The molecule has 0 bridgehead atoms. The predicted octanol–water partition coefficient (Wildman–Crippen LogP) is 7.66. The topological polar surface area (TPSA) is 67.5 Å². The third kappa shape index (κ3) is 5.16. The van der Waals surface area contributed by atoms with E-state index in [4.69, 9.17) is 30.9 Å². The summed E-state index contributed by atoms with van der Waals surface area (Å²) < 4.78 is 22.1. The molecule has 8 heteroatoms. The van der Waals surface area contributed by atoms with Crippen LogP contribution in [0.5, 0.6) is 5.75 Å². The van der Waals surface area contributed by atoms with Gasteiger partial charge in [0.25, 0.3) is 0 Å². The number of benzene rings is 3. The van der Waals surface area contributed by atoms with Gasteiger partial charge in [-0.1, -0.05) is 54.1 Å². The average Bonchev–Trinajstić information content (AvgIpc) is 3.44. The first-order chi connectivity index (χ1) is 20.5. The van der Waals surface area contributed by atoms with E-state index in [-0.39, 0.29) is 5.97 Å². The summed E-state index contributed by atoms with van der Waals surface area (Å²) >= 11 is 6.41. The summed E-state index contributed by atoms with van der Waals surface area (Å²) in [6.07, 6.45) is 3.20. The molecule has 0 fully saturated rings. The summed E-state index contributed by atoms with van der Waals surface area (Å²) in [5.74, 6) is 0.523. The fraction of sp³-hybridized carbons (Fsp3) is 0.353. The third-order valence-electron chi connectivity index (χ3n) is 8.08. The van der Waals surface area contributed by atoms with Gasteiger partial charge in [0.15, 0.2) is 0 Å². The number of rotatable bonds is 7. The van der Waals surface area contributed by atoms with Crippen molar-refractivity contribution in [3.05, 3.63) is 82.3 Å². The lowest BCUT2D eigenvalue weighted by Gasteiger charge is -2.13. The molecule has 0 saturated heterocycles. The summed E-state index contributed by atoms with van der Waals surface area (Å²) in [5, 5.41) is 8.49. The quantitative estimate of drug-likeness (QED) is 0.145. The van der Waals surface area contributed by atoms with Crippen molar-refractivity contribution in [2.75, 3.05) is 19.8 Å². The van der Waals surface area contributed by atoms with Gasteiger partial charge in [-0.05, 0) is 57.2 Å². The summed E-state index contributed by atoms with van der Waals surface area (Å²) in [6, 6.07) is 18.1. The zero-order chi connectivity index (χ0) is 29.2. The Balaban J connectivity index is 1.41. The highest BCUT2D eigenvalue weighted by atomic mass is 35.5. The number of halogens is 1. The van der Waals surface area contributed by atoms with E-state index in [9.17, 15) is 4.79 Å². The van der Waals surface area contributed by atoms with Crippen LogP contribution in [0.3, 0.4) is 0 Å². The van der Waals surface area contributed by atoms with Gasteiger partial charge in [-0.2, -0.15) is 5.10 Å². The molecule has 2 aromatic heterocycles. The second kappa shape index (κ2) is 12.2. The number of esters is 1. The molecule has 0 atom stereocenters. The Bertz CT molecular complexity index is 1770. The van der Waals surface area contributed by atoms with Gasteiger partial charge in [0.05, 0.1) is 36.7 Å². The summed E-state index contributed by atoms with van der Waals surface area (Å²) in [5.41, 5.74) is 6.82. The fourth-order valence-electron chi connectivity index (χ4n) is 6.26. The van der Waals surface area contributed by atoms with E-state index in [2.05, 4.69) is 22.8 Å². The third-order valence-corrected chi connectivity index (χ3v) is 8.41. The number of para-hydroxylation sites is 1. The van der Waals surface area contributed by atoms with Crippen LogP contribution in [0.25, 0.3) is 32.8 Å². The number of aromatic nitrogens is 3. The Labute approximate surface area is 250 Å². The largest absolute Gasteiger partial charge is 0.493 e. The van der Waals surface area contributed by atoms with Gasteiger partial charge in [-0.15, -0.1) is 0 Å². The minimum atomic E-state index is -0.284. The van der Waals surface area contributed by atoms with Crippen LogP contribution in [0.1, 0.15) is 53.6 Å². The van der Waals surface area contributed by atoms with Crippen molar-refractivity contribution < 1.29 is 19.0 Å². The second-order valence-corrected chi connectivity index (χ2v) is 11.1. The fourth-order valence-corrected chi connectivity index (χ4v) is 6.49. The van der Waals surface area contributed by atoms with Crippen molar-refractivity contribution in [1.29, 1.82) is 0 Å². The molecule has 42 heavy (non-hydrogen) atoms. The van der Waals surface area contributed by atoms with Gasteiger partial charge >= 0.3 is 5.97 Å². The van der Waals surface area contributed by atoms with Gasteiger partial charge < -0.3 is 18.8 Å².